The summed E-state index contributed by atoms with van der Waals surface area (Å²) in [4.78, 5) is 80.0. The van der Waals surface area contributed by atoms with Gasteiger partial charge in [-0.05, 0) is 64.2 Å². The number of fused-ring (bicyclic) bond motifs is 1. The number of nitrogens with one attached hydrogen (secondary N) is 2. The number of carbonyl (C=O) groups excluding carboxylic acids is 6. The van der Waals surface area contributed by atoms with Crippen LogP contribution in [-0.2, 0) is 40.1 Å². The first-order valence-corrected chi connectivity index (χ1v) is 18.7. The number of alkyl carbamates (subject to hydrolysis) is 1. The van der Waals surface area contributed by atoms with Gasteiger partial charge < -0.3 is 40.4 Å². The number of halogens is 1. The molecule has 2 saturated heterocycles. The van der Waals surface area contributed by atoms with Gasteiger partial charge in [0.05, 0.1) is 24.0 Å². The van der Waals surface area contributed by atoms with E-state index in [0.29, 0.717) is 37.1 Å². The predicted molar refractivity (Wildman–Crippen MR) is 203 cm³/mol. The van der Waals surface area contributed by atoms with Crippen LogP contribution in [0, 0.1) is 11.8 Å². The van der Waals surface area contributed by atoms with Crippen molar-refractivity contribution in [3.05, 3.63) is 64.7 Å². The van der Waals surface area contributed by atoms with E-state index in [1.807, 2.05) is 30.3 Å². The van der Waals surface area contributed by atoms with Crippen LogP contribution in [0.2, 0.25) is 5.02 Å². The van der Waals surface area contributed by atoms with E-state index in [4.69, 9.17) is 31.5 Å². The van der Waals surface area contributed by atoms with E-state index in [1.165, 1.54) is 16.7 Å². The molecule has 0 saturated carbocycles. The van der Waals surface area contributed by atoms with Crippen LogP contribution in [0.25, 0.3) is 0 Å². The molecule has 0 bridgehead atoms. The van der Waals surface area contributed by atoms with Crippen molar-refractivity contribution in [2.24, 2.45) is 5.73 Å². The number of rotatable bonds is 13. The van der Waals surface area contributed by atoms with E-state index in [1.54, 1.807) is 39.0 Å². The van der Waals surface area contributed by atoms with E-state index >= 15 is 0 Å². The van der Waals surface area contributed by atoms with Crippen LogP contribution in [0.5, 0.6) is 5.75 Å². The minimum Gasteiger partial charge on any atom is -0.490 e. The molecule has 2 aromatic carbocycles. The summed E-state index contributed by atoms with van der Waals surface area (Å²) in [5.74, 6) is 4.06. The topological polar surface area (TPSA) is 187 Å². The monoisotopic (exact) mass is 779 g/mol. The summed E-state index contributed by atoms with van der Waals surface area (Å²) >= 11 is 6.64. The predicted octanol–water partition coefficient (Wildman–Crippen LogP) is 3.85. The number of esters is 1. The number of nitrogens with zero attached hydrogens (tertiary/aromatic N) is 2. The molecule has 55 heavy (non-hydrogen) atoms. The first kappa shape index (κ1) is 42.5. The molecular formula is C40H50ClN5O9. The molecule has 0 radical (unpaired) electrons. The van der Waals surface area contributed by atoms with E-state index in [2.05, 4.69) is 22.5 Å². The summed E-state index contributed by atoms with van der Waals surface area (Å²) in [7, 11) is 0. The number of benzene rings is 2. The lowest BCUT2D eigenvalue weighted by molar-refractivity contribution is -0.145. The van der Waals surface area contributed by atoms with Crippen LogP contribution in [0.3, 0.4) is 0 Å². The SMILES string of the molecule is CC(=O)N1CC[C@H]2CC[C@@H](C(=O)N[C@@H](CCC(N)=O)COc3cccc(C#CCCC(=O)OCc4ccccc4)c3Cl)N2C(=O)[C@@H](NC(=O)OC(C)(C)C)C1. The zero-order chi connectivity index (χ0) is 40.1. The highest BCUT2D eigenvalue weighted by atomic mass is 35.5. The van der Waals surface area contributed by atoms with Gasteiger partial charge in [0.15, 0.2) is 0 Å². The highest BCUT2D eigenvalue weighted by Crippen LogP contribution is 2.31. The Morgan fingerprint density at radius 2 is 1.76 bits per heavy atom. The van der Waals surface area contributed by atoms with Gasteiger partial charge >= 0.3 is 12.1 Å². The average Bonchev–Trinajstić information content (AvgIpc) is 3.54. The van der Waals surface area contributed by atoms with Crippen molar-refractivity contribution >= 4 is 47.3 Å². The number of ether oxygens (including phenoxy) is 3. The third-order valence-electron chi connectivity index (χ3n) is 9.04. The van der Waals surface area contributed by atoms with Crippen molar-refractivity contribution in [1.82, 2.24) is 20.4 Å². The molecule has 2 heterocycles. The fourth-order valence-electron chi connectivity index (χ4n) is 6.33. The van der Waals surface area contributed by atoms with E-state index < -0.39 is 47.5 Å². The van der Waals surface area contributed by atoms with Crippen molar-refractivity contribution in [3.63, 3.8) is 0 Å². The van der Waals surface area contributed by atoms with Gasteiger partial charge in [0.1, 0.15) is 36.6 Å². The van der Waals surface area contributed by atoms with Crippen LogP contribution >= 0.6 is 11.6 Å². The quantitative estimate of drug-likeness (QED) is 0.201. The smallest absolute Gasteiger partial charge is 0.408 e. The van der Waals surface area contributed by atoms with Crippen LogP contribution in [0.15, 0.2) is 48.5 Å². The third kappa shape index (κ3) is 13.2. The maximum atomic E-state index is 14.1. The zero-order valence-electron chi connectivity index (χ0n) is 31.7. The van der Waals surface area contributed by atoms with E-state index in [-0.39, 0.29) is 68.4 Å². The highest BCUT2D eigenvalue weighted by molar-refractivity contribution is 6.33. The molecule has 0 spiro atoms. The molecule has 4 N–H and O–H groups in total. The molecule has 5 amide bonds. The van der Waals surface area contributed by atoms with Crippen molar-refractivity contribution in [1.29, 1.82) is 0 Å². The Morgan fingerprint density at radius 1 is 1.02 bits per heavy atom. The van der Waals surface area contributed by atoms with Gasteiger partial charge in [-0.3, -0.25) is 24.0 Å². The molecule has 2 fully saturated rings. The molecule has 2 aromatic rings. The van der Waals surface area contributed by atoms with Gasteiger partial charge in [-0.15, -0.1) is 0 Å². The summed E-state index contributed by atoms with van der Waals surface area (Å²) in [6, 6.07) is 11.4. The largest absolute Gasteiger partial charge is 0.490 e. The summed E-state index contributed by atoms with van der Waals surface area (Å²) in [5, 5.41) is 5.78. The van der Waals surface area contributed by atoms with Gasteiger partial charge in [0, 0.05) is 37.9 Å². The Balaban J connectivity index is 1.40. The normalized spacial score (nSPS) is 18.7. The molecular weight excluding hydrogens is 730 g/mol. The molecule has 0 aliphatic carbocycles. The van der Waals surface area contributed by atoms with Crippen molar-refractivity contribution in [3.8, 4) is 17.6 Å². The third-order valence-corrected chi connectivity index (χ3v) is 9.43. The first-order valence-electron chi connectivity index (χ1n) is 18.4. The van der Waals surface area contributed by atoms with Gasteiger partial charge in [0.25, 0.3) is 0 Å². The number of carbonyl (C=O) groups is 6. The van der Waals surface area contributed by atoms with Crippen LogP contribution in [0.4, 0.5) is 4.79 Å². The van der Waals surface area contributed by atoms with E-state index in [9.17, 15) is 28.8 Å². The lowest BCUT2D eigenvalue weighted by Crippen LogP contribution is -2.61. The average molecular weight is 780 g/mol. The molecule has 0 unspecified atom stereocenters. The van der Waals surface area contributed by atoms with Crippen molar-refractivity contribution < 1.29 is 43.0 Å². The molecule has 0 aromatic heterocycles. The maximum absolute atomic E-state index is 14.1. The fraction of sp³-hybridized carbons (Fsp3) is 0.500. The molecule has 14 nitrogen and oxygen atoms in total. The maximum Gasteiger partial charge on any atom is 0.408 e. The molecule has 296 valence electrons. The first-order chi connectivity index (χ1) is 26.1. The summed E-state index contributed by atoms with van der Waals surface area (Å²) < 4.78 is 16.7. The molecule has 15 heteroatoms. The van der Waals surface area contributed by atoms with Crippen LogP contribution in [-0.4, -0.2) is 95.0 Å². The number of hydrogen-bond donors (Lipinski definition) is 3. The van der Waals surface area contributed by atoms with Gasteiger partial charge in [0.2, 0.25) is 23.6 Å². The number of hydrogen-bond acceptors (Lipinski definition) is 9. The Bertz CT molecular complexity index is 1770. The Kier molecular flexibility index (Phi) is 15.3. The second kappa shape index (κ2) is 19.9. The molecule has 4 rings (SSSR count). The van der Waals surface area contributed by atoms with Crippen LogP contribution < -0.4 is 21.1 Å². The standard InChI is InChI=1S/C40H50ClN5O9/c1-26(47)45-22-21-30-18-19-32(46(30)38(51)31(23-45)44-39(52)55-40(2,3)4)37(50)43-29(17-20-34(42)48)25-53-33-15-10-14-28(36(33)41)13-8-9-16-35(49)54-24-27-11-6-5-7-12-27/h5-7,10-12,14-15,29-32H,9,16-25H2,1-4H3,(H2,42,48)(H,43,50)(H,44,52)/t29-,30+,31-,32-/m0/s1. The Morgan fingerprint density at radius 3 is 2.45 bits per heavy atom. The van der Waals surface area contributed by atoms with Crippen molar-refractivity contribution in [2.75, 3.05) is 19.7 Å². The summed E-state index contributed by atoms with van der Waals surface area (Å²) in [5.41, 5.74) is 5.98. The Labute approximate surface area is 326 Å². The summed E-state index contributed by atoms with van der Waals surface area (Å²) in [6.45, 7) is 6.85. The number of primary amides is 1. The molecule has 2 aliphatic rings. The lowest BCUT2D eigenvalue weighted by Gasteiger charge is -2.38. The lowest BCUT2D eigenvalue weighted by atomic mass is 10.1. The summed E-state index contributed by atoms with van der Waals surface area (Å²) in [6.07, 6.45) is 0.973. The van der Waals surface area contributed by atoms with Gasteiger partial charge in [-0.25, -0.2) is 4.79 Å². The number of nitrogens with two attached hydrogens (primary N) is 1. The molecule has 2 aliphatic heterocycles. The minimum atomic E-state index is -1.14. The minimum absolute atomic E-state index is 0.0416. The second-order valence-electron chi connectivity index (χ2n) is 14.5. The molecule has 4 atom stereocenters. The fourth-order valence-corrected chi connectivity index (χ4v) is 6.56. The number of amides is 5. The van der Waals surface area contributed by atoms with Gasteiger partial charge in [-0.2, -0.15) is 0 Å². The van der Waals surface area contributed by atoms with Crippen molar-refractivity contribution in [2.45, 2.75) is 109 Å². The van der Waals surface area contributed by atoms with Crippen LogP contribution in [0.1, 0.15) is 83.8 Å². The van der Waals surface area contributed by atoms with Gasteiger partial charge in [-0.1, -0.05) is 59.8 Å². The van der Waals surface area contributed by atoms with E-state index in [0.717, 1.165) is 5.56 Å². The second-order valence-corrected chi connectivity index (χ2v) is 14.9. The zero-order valence-corrected chi connectivity index (χ0v) is 32.5. The Hall–Kier alpha value is -5.29. The highest BCUT2D eigenvalue weighted by Gasteiger charge is 2.45.